The molecular weight excluding hydrogens is 739 g/mol. The maximum absolute atomic E-state index is 12.9. The molecule has 10 nitrogen and oxygen atoms in total. The summed E-state index contributed by atoms with van der Waals surface area (Å²) in [6.07, 6.45) is 7.90. The van der Waals surface area contributed by atoms with Gasteiger partial charge in [0.05, 0.1) is 11.4 Å². The van der Waals surface area contributed by atoms with E-state index in [1.807, 2.05) is 69.4 Å². The first-order valence-electron chi connectivity index (χ1n) is 16.6. The van der Waals surface area contributed by atoms with Crippen molar-refractivity contribution < 1.29 is 19.1 Å². The molecule has 0 fully saturated rings. The third-order valence-electron chi connectivity index (χ3n) is 7.33. The maximum atomic E-state index is 12.9. The first-order valence-corrected chi connectivity index (χ1v) is 17.7. The molecule has 4 rings (SSSR count). The molecule has 2 heterocycles. The number of hydrogen-bond acceptors (Lipinski definition) is 7. The zero-order chi connectivity index (χ0) is 37.4. The molecule has 0 aliphatic heterocycles. The highest BCUT2D eigenvalue weighted by atomic mass is 35.5. The monoisotopic (exact) mass is 794 g/mol. The molecule has 0 aliphatic carbocycles. The molecule has 0 aliphatic rings. The highest BCUT2D eigenvalue weighted by molar-refractivity contribution is 7.59. The molecule has 3 amide bonds. The van der Waals surface area contributed by atoms with Gasteiger partial charge in [-0.15, -0.1) is 23.2 Å². The minimum atomic E-state index is -0.621. The van der Waals surface area contributed by atoms with Crippen LogP contribution >= 0.6 is 50.2 Å². The summed E-state index contributed by atoms with van der Waals surface area (Å²) >= 11 is 9.53. The predicted octanol–water partition coefficient (Wildman–Crippen LogP) is 8.91. The lowest BCUT2D eigenvalue weighted by atomic mass is 10.0. The number of halogens is 2. The summed E-state index contributed by atoms with van der Waals surface area (Å²) < 4.78 is 5.42. The van der Waals surface area contributed by atoms with Gasteiger partial charge in [0, 0.05) is 54.0 Å². The van der Waals surface area contributed by atoms with Crippen molar-refractivity contribution >= 4 is 101 Å². The van der Waals surface area contributed by atoms with E-state index in [1.165, 1.54) is 4.90 Å². The molecule has 0 saturated carbocycles. The van der Waals surface area contributed by atoms with Crippen molar-refractivity contribution in [2.75, 3.05) is 30.1 Å². The number of likely N-dealkylation sites (N-methyl/N-ethyl adjacent to an activating group) is 2. The molecule has 52 heavy (non-hydrogen) atoms. The van der Waals surface area contributed by atoms with Crippen molar-refractivity contribution in [3.63, 3.8) is 0 Å². The van der Waals surface area contributed by atoms with Crippen LogP contribution in [0.2, 0.25) is 0 Å². The third kappa shape index (κ3) is 17.0. The van der Waals surface area contributed by atoms with Crippen LogP contribution in [0, 0.1) is 11.8 Å². The predicted molar refractivity (Wildman–Crippen MR) is 228 cm³/mol. The largest absolute Gasteiger partial charge is 0.444 e. The van der Waals surface area contributed by atoms with Crippen LogP contribution in [0.4, 0.5) is 16.2 Å². The Balaban J connectivity index is 0.000000927. The number of pyridine rings is 2. The lowest BCUT2D eigenvalue weighted by Gasteiger charge is -2.31. The summed E-state index contributed by atoms with van der Waals surface area (Å²) in [6, 6.07) is 14.6. The molecular formula is C38H56Cl2N6O4S2. The highest BCUT2D eigenvalue weighted by Crippen LogP contribution is 2.21. The van der Waals surface area contributed by atoms with E-state index in [9.17, 15) is 14.4 Å². The summed E-state index contributed by atoms with van der Waals surface area (Å²) in [4.78, 5) is 47.2. The van der Waals surface area contributed by atoms with Crippen LogP contribution in [0.15, 0.2) is 73.3 Å². The Kier molecular flexibility index (Phi) is 22.6. The Labute approximate surface area is 333 Å². The SMILES string of the molecule is CC(C)C[C@@H](C(=O)Nc1ccc2ccncc2c1)N(C)C(=O)OC(C)(C)C.CN[C@@H](CC(C)C)C(=O)Nc1ccc2ccncc2c1.ClCCl.S.S. The standard InChI is InChI=1S/C21H29N3O3.C16H21N3O.CH2Cl2.2H2S/c1-14(2)11-18(24(6)20(26)27-21(3,4)5)19(25)23-17-8-7-15-9-10-22-13-16(15)12-17;1-11(2)8-15(17-3)16(20)19-14-5-4-12-6-7-18-10-13(12)9-14;2-1-3;;/h7-10,12-14,18H,11H2,1-6H3,(H,23,25);4-7,9-11,15,17H,8H2,1-3H3,(H,19,20);1H2;2*1H2/t18-;15-;;;/m00.../s1. The molecule has 0 saturated heterocycles. The number of aromatic nitrogens is 2. The second-order valence-electron chi connectivity index (χ2n) is 13.7. The molecule has 3 N–H and O–H groups in total. The summed E-state index contributed by atoms with van der Waals surface area (Å²) in [7, 11) is 3.42. The molecule has 0 spiro atoms. The first-order chi connectivity index (χ1) is 23.6. The molecule has 14 heteroatoms. The average molecular weight is 796 g/mol. The van der Waals surface area contributed by atoms with Crippen molar-refractivity contribution in [3.05, 3.63) is 73.3 Å². The van der Waals surface area contributed by atoms with Crippen LogP contribution < -0.4 is 16.0 Å². The summed E-state index contributed by atoms with van der Waals surface area (Å²) in [5, 5.41) is 13.3. The van der Waals surface area contributed by atoms with E-state index < -0.39 is 17.7 Å². The van der Waals surface area contributed by atoms with E-state index in [0.717, 1.165) is 33.7 Å². The van der Waals surface area contributed by atoms with E-state index >= 15 is 0 Å². The number of hydrogen-bond donors (Lipinski definition) is 3. The smallest absolute Gasteiger partial charge is 0.410 e. The minimum absolute atomic E-state index is 0. The highest BCUT2D eigenvalue weighted by Gasteiger charge is 2.31. The number of benzene rings is 2. The number of carbonyl (C=O) groups is 3. The molecule has 0 bridgehead atoms. The molecule has 0 unspecified atom stereocenters. The van der Waals surface area contributed by atoms with Gasteiger partial charge in [0.2, 0.25) is 11.8 Å². The fraction of sp³-hybridized carbons (Fsp3) is 0.447. The zero-order valence-corrected chi connectivity index (χ0v) is 35.1. The molecule has 288 valence electrons. The number of nitrogens with one attached hydrogen (secondary N) is 3. The lowest BCUT2D eigenvalue weighted by Crippen LogP contribution is -2.47. The fourth-order valence-corrected chi connectivity index (χ4v) is 4.96. The Morgan fingerprint density at radius 3 is 1.60 bits per heavy atom. The van der Waals surface area contributed by atoms with Crippen molar-refractivity contribution in [1.29, 1.82) is 0 Å². The molecule has 2 atom stereocenters. The number of alkyl halides is 2. The van der Waals surface area contributed by atoms with E-state index in [4.69, 9.17) is 27.9 Å². The Morgan fingerprint density at radius 1 is 0.750 bits per heavy atom. The van der Waals surface area contributed by atoms with Gasteiger partial charge in [-0.05, 0) is 99.7 Å². The number of anilines is 2. The van der Waals surface area contributed by atoms with Crippen LogP contribution in [0.1, 0.15) is 61.3 Å². The van der Waals surface area contributed by atoms with Crippen LogP contribution in [0.25, 0.3) is 21.5 Å². The van der Waals surface area contributed by atoms with Gasteiger partial charge in [0.15, 0.2) is 0 Å². The van der Waals surface area contributed by atoms with Gasteiger partial charge in [-0.1, -0.05) is 39.8 Å². The van der Waals surface area contributed by atoms with Crippen molar-refractivity contribution in [2.45, 2.75) is 79.0 Å². The first kappa shape index (κ1) is 48.7. The molecule has 2 aromatic carbocycles. The summed E-state index contributed by atoms with van der Waals surface area (Å²) in [5.41, 5.74) is 0.863. The molecule has 0 radical (unpaired) electrons. The summed E-state index contributed by atoms with van der Waals surface area (Å²) in [6.45, 7) is 13.7. The quantitative estimate of drug-likeness (QED) is 0.137. The van der Waals surface area contributed by atoms with Gasteiger partial charge in [0.25, 0.3) is 0 Å². The van der Waals surface area contributed by atoms with Gasteiger partial charge in [-0.25, -0.2) is 4.79 Å². The number of amides is 3. The van der Waals surface area contributed by atoms with E-state index in [2.05, 4.69) is 39.8 Å². The third-order valence-corrected chi connectivity index (χ3v) is 7.33. The number of ether oxygens (including phenoxy) is 1. The number of fused-ring (bicyclic) bond motifs is 2. The van der Waals surface area contributed by atoms with Crippen LogP contribution in [-0.4, -0.2) is 69.9 Å². The fourth-order valence-electron chi connectivity index (χ4n) is 4.96. The number of rotatable bonds is 10. The average Bonchev–Trinajstić information content (AvgIpc) is 3.05. The second kappa shape index (κ2) is 24.1. The number of nitrogens with zero attached hydrogens (tertiary/aromatic N) is 3. The number of carbonyl (C=O) groups excluding carboxylic acids is 3. The molecule has 4 aromatic rings. The lowest BCUT2D eigenvalue weighted by molar-refractivity contribution is -0.121. The van der Waals surface area contributed by atoms with Gasteiger partial charge in [-0.2, -0.15) is 27.0 Å². The Morgan fingerprint density at radius 2 is 1.19 bits per heavy atom. The zero-order valence-electron chi connectivity index (χ0n) is 31.6. The van der Waals surface area contributed by atoms with Gasteiger partial charge in [0.1, 0.15) is 11.6 Å². The summed E-state index contributed by atoms with van der Waals surface area (Å²) in [5.74, 6) is 0.482. The Bertz CT molecular complexity index is 1690. The van der Waals surface area contributed by atoms with Gasteiger partial charge in [-0.3, -0.25) is 24.5 Å². The van der Waals surface area contributed by atoms with E-state index in [1.54, 1.807) is 52.6 Å². The van der Waals surface area contributed by atoms with E-state index in [-0.39, 0.29) is 56.1 Å². The van der Waals surface area contributed by atoms with Crippen molar-refractivity contribution in [2.24, 2.45) is 11.8 Å². The van der Waals surface area contributed by atoms with Crippen LogP contribution in [0.3, 0.4) is 0 Å². The second-order valence-corrected chi connectivity index (χ2v) is 14.5. The van der Waals surface area contributed by atoms with Gasteiger partial charge >= 0.3 is 6.09 Å². The van der Waals surface area contributed by atoms with Gasteiger partial charge < -0.3 is 20.7 Å². The van der Waals surface area contributed by atoms with Crippen molar-refractivity contribution in [3.8, 4) is 0 Å². The van der Waals surface area contributed by atoms with Crippen molar-refractivity contribution in [1.82, 2.24) is 20.2 Å². The normalized spacial score (nSPS) is 11.8. The van der Waals surface area contributed by atoms with Crippen LogP contribution in [-0.2, 0) is 14.3 Å². The molecule has 2 aromatic heterocycles. The Hall–Kier alpha value is -3.29. The van der Waals surface area contributed by atoms with Crippen LogP contribution in [0.5, 0.6) is 0 Å². The topological polar surface area (TPSA) is 126 Å². The minimum Gasteiger partial charge on any atom is -0.444 e. The van der Waals surface area contributed by atoms with E-state index in [0.29, 0.717) is 18.0 Å². The maximum Gasteiger partial charge on any atom is 0.410 e.